The second kappa shape index (κ2) is 3.16. The molecular formula is C9H10BrCl. The number of hydrogen-bond acceptors (Lipinski definition) is 0. The molecule has 0 atom stereocenters. The first-order valence-electron chi connectivity index (χ1n) is 3.46. The largest absolute Gasteiger partial charge is 0.0831 e. The van der Waals surface area contributed by atoms with Crippen molar-refractivity contribution in [2.45, 2.75) is 20.8 Å². The molecule has 0 unspecified atom stereocenters. The monoisotopic (exact) mass is 232 g/mol. The molecule has 0 aliphatic heterocycles. The molecule has 0 aliphatic carbocycles. The van der Waals surface area contributed by atoms with Crippen LogP contribution in [0, 0.1) is 20.8 Å². The lowest BCUT2D eigenvalue weighted by molar-refractivity contribution is 1.25. The van der Waals surface area contributed by atoms with Crippen LogP contribution in [0.5, 0.6) is 0 Å². The first-order chi connectivity index (χ1) is 5.04. The molecular weight excluding hydrogens is 223 g/mol. The minimum atomic E-state index is 0.797. The third-order valence-corrected chi connectivity index (χ3v) is 3.58. The molecule has 11 heavy (non-hydrogen) atoms. The smallest absolute Gasteiger partial charge is 0.0553 e. The maximum atomic E-state index is 5.94. The van der Waals surface area contributed by atoms with E-state index >= 15 is 0 Å². The Balaban J connectivity index is 3.46. The third kappa shape index (κ3) is 1.60. The second-order valence-corrected chi connectivity index (χ2v) is 3.94. The highest BCUT2D eigenvalue weighted by Crippen LogP contribution is 2.30. The first kappa shape index (κ1) is 9.08. The van der Waals surface area contributed by atoms with Crippen molar-refractivity contribution >= 4 is 27.5 Å². The van der Waals surface area contributed by atoms with Gasteiger partial charge in [-0.25, -0.2) is 0 Å². The Morgan fingerprint density at radius 2 is 1.73 bits per heavy atom. The molecule has 0 radical (unpaired) electrons. The number of hydrogen-bond donors (Lipinski definition) is 0. The summed E-state index contributed by atoms with van der Waals surface area (Å²) in [5.74, 6) is 0. The Labute approximate surface area is 80.7 Å². The summed E-state index contributed by atoms with van der Waals surface area (Å²) in [6.07, 6.45) is 0. The summed E-state index contributed by atoms with van der Waals surface area (Å²) in [6.45, 7) is 6.24. The second-order valence-electron chi connectivity index (χ2n) is 2.74. The molecule has 0 aromatic heterocycles. The third-order valence-electron chi connectivity index (χ3n) is 2.04. The fourth-order valence-corrected chi connectivity index (χ4v) is 1.72. The molecule has 1 aromatic carbocycles. The van der Waals surface area contributed by atoms with Crippen LogP contribution in [-0.4, -0.2) is 0 Å². The van der Waals surface area contributed by atoms with Crippen molar-refractivity contribution in [1.29, 1.82) is 0 Å². The summed E-state index contributed by atoms with van der Waals surface area (Å²) in [7, 11) is 0. The standard InChI is InChI=1S/C9H10BrCl/c1-5-4-8(11)9(10)7(3)6(5)2/h4H,1-3H3. The zero-order valence-electron chi connectivity index (χ0n) is 6.83. The molecule has 0 nitrogen and oxygen atoms in total. The lowest BCUT2D eigenvalue weighted by Crippen LogP contribution is -1.88. The van der Waals surface area contributed by atoms with E-state index in [0.717, 1.165) is 9.50 Å². The molecule has 2 heteroatoms. The predicted molar refractivity (Wildman–Crippen MR) is 53.4 cm³/mol. The van der Waals surface area contributed by atoms with Crippen LogP contribution in [-0.2, 0) is 0 Å². The number of rotatable bonds is 0. The summed E-state index contributed by atoms with van der Waals surface area (Å²) in [6, 6.07) is 1.98. The Bertz CT molecular complexity index is 266. The van der Waals surface area contributed by atoms with Crippen LogP contribution in [0.25, 0.3) is 0 Å². The van der Waals surface area contributed by atoms with Crippen molar-refractivity contribution in [3.8, 4) is 0 Å². The van der Waals surface area contributed by atoms with Gasteiger partial charge in [0.05, 0.1) is 5.02 Å². The van der Waals surface area contributed by atoms with E-state index in [1.807, 2.05) is 6.07 Å². The van der Waals surface area contributed by atoms with E-state index in [9.17, 15) is 0 Å². The van der Waals surface area contributed by atoms with Gasteiger partial charge in [-0.1, -0.05) is 11.6 Å². The van der Waals surface area contributed by atoms with Crippen molar-refractivity contribution in [3.63, 3.8) is 0 Å². The van der Waals surface area contributed by atoms with E-state index in [1.54, 1.807) is 0 Å². The highest BCUT2D eigenvalue weighted by molar-refractivity contribution is 9.10. The highest BCUT2D eigenvalue weighted by atomic mass is 79.9. The van der Waals surface area contributed by atoms with Crippen molar-refractivity contribution in [1.82, 2.24) is 0 Å². The van der Waals surface area contributed by atoms with E-state index in [4.69, 9.17) is 11.6 Å². The molecule has 1 aromatic rings. The van der Waals surface area contributed by atoms with E-state index in [2.05, 4.69) is 36.7 Å². The van der Waals surface area contributed by atoms with Gasteiger partial charge in [-0.3, -0.25) is 0 Å². The number of benzene rings is 1. The topological polar surface area (TPSA) is 0 Å². The molecule has 1 rings (SSSR count). The van der Waals surface area contributed by atoms with Crippen LogP contribution < -0.4 is 0 Å². The Kier molecular flexibility index (Phi) is 2.61. The quantitative estimate of drug-likeness (QED) is 0.635. The van der Waals surface area contributed by atoms with Crippen LogP contribution in [0.2, 0.25) is 5.02 Å². The minimum Gasteiger partial charge on any atom is -0.0831 e. The molecule has 0 N–H and O–H groups in total. The van der Waals surface area contributed by atoms with Gasteiger partial charge in [0.15, 0.2) is 0 Å². The normalized spacial score (nSPS) is 10.3. The Morgan fingerprint density at radius 1 is 1.18 bits per heavy atom. The van der Waals surface area contributed by atoms with E-state index in [1.165, 1.54) is 16.7 Å². The molecule has 0 fully saturated rings. The van der Waals surface area contributed by atoms with Gasteiger partial charge in [0, 0.05) is 4.47 Å². The maximum Gasteiger partial charge on any atom is 0.0553 e. The van der Waals surface area contributed by atoms with Gasteiger partial charge >= 0.3 is 0 Å². The van der Waals surface area contributed by atoms with Gasteiger partial charge in [-0.2, -0.15) is 0 Å². The summed E-state index contributed by atoms with van der Waals surface area (Å²) in [5.41, 5.74) is 3.78. The maximum absolute atomic E-state index is 5.94. The number of halogens is 2. The molecule has 60 valence electrons. The predicted octanol–water partition coefficient (Wildman–Crippen LogP) is 4.03. The summed E-state index contributed by atoms with van der Waals surface area (Å²) in [4.78, 5) is 0. The van der Waals surface area contributed by atoms with Crippen molar-refractivity contribution < 1.29 is 0 Å². The van der Waals surface area contributed by atoms with Gasteiger partial charge in [0.25, 0.3) is 0 Å². The first-order valence-corrected chi connectivity index (χ1v) is 4.63. The number of aryl methyl sites for hydroxylation is 1. The minimum absolute atomic E-state index is 0.797. The molecule has 0 bridgehead atoms. The highest BCUT2D eigenvalue weighted by Gasteiger charge is 2.05. The van der Waals surface area contributed by atoms with Crippen LogP contribution in [0.15, 0.2) is 10.5 Å². The van der Waals surface area contributed by atoms with Crippen molar-refractivity contribution in [2.24, 2.45) is 0 Å². The average Bonchev–Trinajstić information content (AvgIpc) is 1.97. The fraction of sp³-hybridized carbons (Fsp3) is 0.333. The SMILES string of the molecule is Cc1cc(Cl)c(Br)c(C)c1C. The summed E-state index contributed by atoms with van der Waals surface area (Å²) < 4.78 is 1.02. The zero-order valence-corrected chi connectivity index (χ0v) is 9.18. The molecule has 0 spiro atoms. The van der Waals surface area contributed by atoms with Gasteiger partial charge in [-0.15, -0.1) is 0 Å². The Morgan fingerprint density at radius 3 is 2.27 bits per heavy atom. The Hall–Kier alpha value is -0.0100. The van der Waals surface area contributed by atoms with E-state index in [-0.39, 0.29) is 0 Å². The zero-order chi connectivity index (χ0) is 8.59. The van der Waals surface area contributed by atoms with Gasteiger partial charge in [0.2, 0.25) is 0 Å². The van der Waals surface area contributed by atoms with E-state index < -0.39 is 0 Å². The molecule has 0 heterocycles. The molecule has 0 saturated carbocycles. The van der Waals surface area contributed by atoms with Crippen LogP contribution >= 0.6 is 27.5 Å². The molecule has 0 saturated heterocycles. The van der Waals surface area contributed by atoms with Crippen LogP contribution in [0.3, 0.4) is 0 Å². The van der Waals surface area contributed by atoms with Crippen LogP contribution in [0.4, 0.5) is 0 Å². The van der Waals surface area contributed by atoms with Crippen molar-refractivity contribution in [2.75, 3.05) is 0 Å². The molecule has 0 aliphatic rings. The lowest BCUT2D eigenvalue weighted by Gasteiger charge is -2.07. The van der Waals surface area contributed by atoms with Crippen molar-refractivity contribution in [3.05, 3.63) is 32.3 Å². The summed E-state index contributed by atoms with van der Waals surface area (Å²) in [5, 5.41) is 0.797. The van der Waals surface area contributed by atoms with Gasteiger partial charge in [0.1, 0.15) is 0 Å². The van der Waals surface area contributed by atoms with Crippen LogP contribution in [0.1, 0.15) is 16.7 Å². The lowest BCUT2D eigenvalue weighted by atomic mass is 10.1. The summed E-state index contributed by atoms with van der Waals surface area (Å²) >= 11 is 9.38. The average molecular weight is 234 g/mol. The van der Waals surface area contributed by atoms with Gasteiger partial charge in [-0.05, 0) is 59.5 Å². The fourth-order valence-electron chi connectivity index (χ4n) is 1.00. The van der Waals surface area contributed by atoms with Gasteiger partial charge < -0.3 is 0 Å². The molecule has 0 amide bonds. The van der Waals surface area contributed by atoms with E-state index in [0.29, 0.717) is 0 Å².